The van der Waals surface area contributed by atoms with Gasteiger partial charge in [0.1, 0.15) is 5.71 Å². The molecule has 0 bridgehead atoms. The number of aromatic nitrogens is 1. The number of ketones is 1. The highest BCUT2D eigenvalue weighted by Crippen LogP contribution is 2.35. The number of aromatic hydroxyl groups is 1. The first-order valence-electron chi connectivity index (χ1n) is 6.69. The Balaban J connectivity index is 1.97. The summed E-state index contributed by atoms with van der Waals surface area (Å²) in [6.07, 6.45) is 0. The summed E-state index contributed by atoms with van der Waals surface area (Å²) in [7, 11) is 0. The van der Waals surface area contributed by atoms with Crippen molar-refractivity contribution in [3.8, 4) is 5.88 Å². The number of hydrogen-bond donors (Lipinski definition) is 2. The quantitative estimate of drug-likeness (QED) is 0.714. The third-order valence-corrected chi connectivity index (χ3v) is 3.77. The van der Waals surface area contributed by atoms with Crippen molar-refractivity contribution in [3.63, 3.8) is 0 Å². The van der Waals surface area contributed by atoms with Crippen LogP contribution in [0.1, 0.15) is 21.5 Å². The minimum atomic E-state index is -0.151. The van der Waals surface area contributed by atoms with E-state index >= 15 is 0 Å². The third kappa shape index (κ3) is 1.62. The molecule has 2 N–H and O–H groups in total. The predicted octanol–water partition coefficient (Wildman–Crippen LogP) is 3.50. The van der Waals surface area contributed by atoms with Crippen LogP contribution in [-0.2, 0) is 0 Å². The second-order valence-corrected chi connectivity index (χ2v) is 5.20. The van der Waals surface area contributed by atoms with Gasteiger partial charge in [-0.3, -0.25) is 4.79 Å². The van der Waals surface area contributed by atoms with E-state index in [0.717, 1.165) is 16.5 Å². The van der Waals surface area contributed by atoms with Gasteiger partial charge in [0.15, 0.2) is 5.88 Å². The van der Waals surface area contributed by atoms with Crippen LogP contribution in [0.25, 0.3) is 10.9 Å². The number of carbonyl (C=O) groups excluding carboxylic acids is 1. The van der Waals surface area contributed by atoms with Crippen molar-refractivity contribution in [3.05, 3.63) is 59.2 Å². The molecule has 0 atom stereocenters. The Bertz CT molecular complexity index is 935. The molecule has 21 heavy (non-hydrogen) atoms. The number of aliphatic imine (C=N–C) groups is 1. The molecule has 0 saturated carbocycles. The van der Waals surface area contributed by atoms with Gasteiger partial charge < -0.3 is 10.1 Å². The van der Waals surface area contributed by atoms with E-state index in [9.17, 15) is 9.90 Å². The van der Waals surface area contributed by atoms with Gasteiger partial charge in [-0.25, -0.2) is 4.99 Å². The average molecular weight is 276 g/mol. The van der Waals surface area contributed by atoms with E-state index in [2.05, 4.69) is 9.98 Å². The molecule has 0 spiro atoms. The van der Waals surface area contributed by atoms with Gasteiger partial charge in [-0.05, 0) is 30.7 Å². The summed E-state index contributed by atoms with van der Waals surface area (Å²) in [6.45, 7) is 1.98. The van der Waals surface area contributed by atoms with Gasteiger partial charge in [0, 0.05) is 16.5 Å². The van der Waals surface area contributed by atoms with Crippen molar-refractivity contribution >= 4 is 28.1 Å². The van der Waals surface area contributed by atoms with E-state index in [-0.39, 0.29) is 11.7 Å². The summed E-state index contributed by atoms with van der Waals surface area (Å²) in [5.41, 5.74) is 3.88. The standard InChI is InChI=1S/C17H12N2O2/c1-9-6-7-10-13(8-9)19-17(21)14(10)15-16(20)11-4-2-3-5-12(11)18-15/h2-8,19,21H,1H3. The molecular weight excluding hydrogens is 264 g/mol. The van der Waals surface area contributed by atoms with Crippen molar-refractivity contribution in [2.75, 3.05) is 0 Å². The lowest BCUT2D eigenvalue weighted by molar-refractivity contribution is 0.107. The number of benzene rings is 2. The van der Waals surface area contributed by atoms with E-state index in [1.165, 1.54) is 0 Å². The lowest BCUT2D eigenvalue weighted by Crippen LogP contribution is -2.10. The van der Waals surface area contributed by atoms with Gasteiger partial charge in [0.25, 0.3) is 0 Å². The predicted molar refractivity (Wildman–Crippen MR) is 81.7 cm³/mol. The molecule has 0 unspecified atom stereocenters. The monoisotopic (exact) mass is 276 g/mol. The number of Topliss-reactive ketones (excluding diaryl/α,β-unsaturated/α-hetero) is 1. The van der Waals surface area contributed by atoms with Crippen LogP contribution in [0.15, 0.2) is 47.5 Å². The summed E-state index contributed by atoms with van der Waals surface area (Å²) < 4.78 is 0. The number of nitrogens with zero attached hydrogens (tertiary/aromatic N) is 1. The maximum atomic E-state index is 12.5. The van der Waals surface area contributed by atoms with Crippen molar-refractivity contribution in [1.82, 2.24) is 4.98 Å². The Hall–Kier alpha value is -2.88. The zero-order valence-corrected chi connectivity index (χ0v) is 11.3. The van der Waals surface area contributed by atoms with Gasteiger partial charge in [-0.15, -0.1) is 0 Å². The van der Waals surface area contributed by atoms with Gasteiger partial charge >= 0.3 is 0 Å². The zero-order valence-electron chi connectivity index (χ0n) is 11.3. The highest BCUT2D eigenvalue weighted by molar-refractivity contribution is 6.56. The van der Waals surface area contributed by atoms with Crippen LogP contribution in [-0.4, -0.2) is 21.6 Å². The number of carbonyl (C=O) groups is 1. The number of hydrogen-bond acceptors (Lipinski definition) is 3. The number of para-hydroxylation sites is 1. The highest BCUT2D eigenvalue weighted by atomic mass is 16.3. The number of H-pyrrole nitrogens is 1. The van der Waals surface area contributed by atoms with E-state index in [1.807, 2.05) is 37.3 Å². The smallest absolute Gasteiger partial charge is 0.214 e. The van der Waals surface area contributed by atoms with Crippen molar-refractivity contribution in [1.29, 1.82) is 0 Å². The summed E-state index contributed by atoms with van der Waals surface area (Å²) in [5.74, 6) is -0.169. The maximum Gasteiger partial charge on any atom is 0.214 e. The molecule has 0 fully saturated rings. The third-order valence-electron chi connectivity index (χ3n) is 3.77. The Labute approximate surface area is 120 Å². The molecule has 2 aromatic carbocycles. The molecule has 102 valence electrons. The molecule has 1 aliphatic heterocycles. The minimum absolute atomic E-state index is 0.0180. The number of aromatic amines is 1. The molecule has 1 aromatic heterocycles. The van der Waals surface area contributed by atoms with Crippen LogP contribution in [0.4, 0.5) is 5.69 Å². The fourth-order valence-corrected chi connectivity index (χ4v) is 2.77. The molecule has 0 radical (unpaired) electrons. The topological polar surface area (TPSA) is 65.4 Å². The van der Waals surface area contributed by atoms with E-state index in [4.69, 9.17) is 0 Å². The van der Waals surface area contributed by atoms with Crippen LogP contribution in [0.2, 0.25) is 0 Å². The zero-order chi connectivity index (χ0) is 14.6. The maximum absolute atomic E-state index is 12.5. The first-order valence-corrected chi connectivity index (χ1v) is 6.69. The van der Waals surface area contributed by atoms with Crippen molar-refractivity contribution in [2.24, 2.45) is 4.99 Å². The van der Waals surface area contributed by atoms with Crippen LogP contribution in [0.5, 0.6) is 5.88 Å². The van der Waals surface area contributed by atoms with Gasteiger partial charge in [0.2, 0.25) is 5.78 Å². The summed E-state index contributed by atoms with van der Waals surface area (Å²) in [5, 5.41) is 11.0. The van der Waals surface area contributed by atoms with Crippen LogP contribution in [0.3, 0.4) is 0 Å². The lowest BCUT2D eigenvalue weighted by atomic mass is 10.0. The highest BCUT2D eigenvalue weighted by Gasteiger charge is 2.29. The normalized spacial score (nSPS) is 13.6. The van der Waals surface area contributed by atoms with Gasteiger partial charge in [-0.1, -0.05) is 24.3 Å². The Morgan fingerprint density at radius 2 is 1.95 bits per heavy atom. The Morgan fingerprint density at radius 3 is 2.76 bits per heavy atom. The fourth-order valence-electron chi connectivity index (χ4n) is 2.77. The molecule has 1 aliphatic rings. The average Bonchev–Trinajstić information content (AvgIpc) is 2.95. The van der Waals surface area contributed by atoms with Crippen LogP contribution < -0.4 is 0 Å². The van der Waals surface area contributed by atoms with E-state index in [0.29, 0.717) is 22.5 Å². The van der Waals surface area contributed by atoms with E-state index in [1.54, 1.807) is 12.1 Å². The first kappa shape index (κ1) is 11.9. The van der Waals surface area contributed by atoms with E-state index < -0.39 is 0 Å². The molecule has 4 rings (SSSR count). The lowest BCUT2D eigenvalue weighted by Gasteiger charge is -1.99. The van der Waals surface area contributed by atoms with Crippen molar-refractivity contribution in [2.45, 2.75) is 6.92 Å². The van der Waals surface area contributed by atoms with Crippen LogP contribution >= 0.6 is 0 Å². The Kier molecular flexibility index (Phi) is 2.30. The second kappa shape index (κ2) is 4.06. The summed E-state index contributed by atoms with van der Waals surface area (Å²) >= 11 is 0. The van der Waals surface area contributed by atoms with Crippen LogP contribution in [0, 0.1) is 6.92 Å². The molecule has 0 aliphatic carbocycles. The molecule has 0 amide bonds. The van der Waals surface area contributed by atoms with Gasteiger partial charge in [-0.2, -0.15) is 0 Å². The molecule has 4 nitrogen and oxygen atoms in total. The molecule has 3 aromatic rings. The SMILES string of the molecule is Cc1ccc2c(C3=Nc4ccccc4C3=O)c(O)[nH]c2c1. The summed E-state index contributed by atoms with van der Waals surface area (Å²) in [4.78, 5) is 19.8. The summed E-state index contributed by atoms with van der Waals surface area (Å²) in [6, 6.07) is 13.0. The van der Waals surface area contributed by atoms with Gasteiger partial charge in [0.05, 0.1) is 11.3 Å². The number of nitrogens with one attached hydrogen (secondary N) is 1. The molecule has 4 heteroatoms. The molecule has 2 heterocycles. The molecular formula is C17H12N2O2. The largest absolute Gasteiger partial charge is 0.494 e. The van der Waals surface area contributed by atoms with Crippen molar-refractivity contribution < 1.29 is 9.90 Å². The molecule has 0 saturated heterocycles. The first-order chi connectivity index (χ1) is 10.1. The second-order valence-electron chi connectivity index (χ2n) is 5.20. The fraction of sp³-hybridized carbons (Fsp3) is 0.0588. The number of fused-ring (bicyclic) bond motifs is 2. The minimum Gasteiger partial charge on any atom is -0.494 e. The number of aryl methyl sites for hydroxylation is 1. The Morgan fingerprint density at radius 1 is 1.14 bits per heavy atom. The number of rotatable bonds is 1.